The van der Waals surface area contributed by atoms with Crippen molar-refractivity contribution in [1.29, 1.82) is 0 Å². The van der Waals surface area contributed by atoms with Crippen molar-refractivity contribution in [2.75, 3.05) is 6.61 Å². The van der Waals surface area contributed by atoms with Crippen molar-refractivity contribution in [3.8, 4) is 11.4 Å². The molecule has 0 bridgehead atoms. The molecule has 0 aliphatic heterocycles. The second kappa shape index (κ2) is 5.73. The van der Waals surface area contributed by atoms with Crippen molar-refractivity contribution in [2.24, 2.45) is 0 Å². The van der Waals surface area contributed by atoms with Crippen LogP contribution in [0.5, 0.6) is 0 Å². The minimum atomic E-state index is -0.309. The molecular formula is C13H15FN2O2. The predicted octanol–water partition coefficient (Wildman–Crippen LogP) is 2.50. The zero-order valence-corrected chi connectivity index (χ0v) is 10.2. The molecule has 0 saturated carbocycles. The smallest absolute Gasteiger partial charge is 0.226 e. The Morgan fingerprint density at radius 1 is 1.28 bits per heavy atom. The molecule has 0 unspecified atom stereocenters. The lowest BCUT2D eigenvalue weighted by Gasteiger charge is -1.97. The standard InChI is InChI=1S/C13H15FN2O2/c1-9-6-10(8-11(14)7-9)13-15-12(18-16-13)4-2-3-5-17/h6-8,17H,2-5H2,1H3. The largest absolute Gasteiger partial charge is 0.396 e. The first-order valence-corrected chi connectivity index (χ1v) is 5.90. The molecule has 0 saturated heterocycles. The van der Waals surface area contributed by atoms with Gasteiger partial charge >= 0.3 is 0 Å². The molecule has 1 aromatic carbocycles. The fraction of sp³-hybridized carbons (Fsp3) is 0.385. The molecule has 0 radical (unpaired) electrons. The number of benzene rings is 1. The molecule has 4 nitrogen and oxygen atoms in total. The molecule has 1 aromatic heterocycles. The first-order valence-electron chi connectivity index (χ1n) is 5.90. The molecule has 96 valence electrons. The summed E-state index contributed by atoms with van der Waals surface area (Å²) in [4.78, 5) is 4.21. The summed E-state index contributed by atoms with van der Waals surface area (Å²) >= 11 is 0. The van der Waals surface area contributed by atoms with Gasteiger partial charge in [0.2, 0.25) is 11.7 Å². The molecule has 1 heterocycles. The van der Waals surface area contributed by atoms with Crippen LogP contribution in [0.1, 0.15) is 24.3 Å². The summed E-state index contributed by atoms with van der Waals surface area (Å²) in [6.45, 7) is 1.97. The number of nitrogens with zero attached hydrogens (tertiary/aromatic N) is 2. The highest BCUT2D eigenvalue weighted by atomic mass is 19.1. The number of hydrogen-bond donors (Lipinski definition) is 1. The highest BCUT2D eigenvalue weighted by molar-refractivity contribution is 5.55. The minimum absolute atomic E-state index is 0.157. The number of aryl methyl sites for hydroxylation is 2. The molecule has 2 aromatic rings. The quantitative estimate of drug-likeness (QED) is 0.828. The van der Waals surface area contributed by atoms with Crippen LogP contribution >= 0.6 is 0 Å². The molecule has 0 aliphatic carbocycles. The maximum atomic E-state index is 13.3. The fourth-order valence-electron chi connectivity index (χ4n) is 1.73. The van der Waals surface area contributed by atoms with E-state index in [-0.39, 0.29) is 12.4 Å². The van der Waals surface area contributed by atoms with E-state index >= 15 is 0 Å². The molecule has 0 fully saturated rings. The lowest BCUT2D eigenvalue weighted by Crippen LogP contribution is -1.89. The summed E-state index contributed by atoms with van der Waals surface area (Å²) in [6.07, 6.45) is 2.12. The number of aliphatic hydroxyl groups is 1. The third-order valence-corrected chi connectivity index (χ3v) is 2.57. The second-order valence-electron chi connectivity index (χ2n) is 4.21. The van der Waals surface area contributed by atoms with E-state index in [9.17, 15) is 4.39 Å². The third kappa shape index (κ3) is 3.13. The van der Waals surface area contributed by atoms with Gasteiger partial charge in [-0.3, -0.25) is 0 Å². The molecule has 5 heteroatoms. The highest BCUT2D eigenvalue weighted by Gasteiger charge is 2.09. The van der Waals surface area contributed by atoms with Gasteiger partial charge in [0.05, 0.1) is 0 Å². The third-order valence-electron chi connectivity index (χ3n) is 2.57. The van der Waals surface area contributed by atoms with Gasteiger partial charge in [-0.2, -0.15) is 4.98 Å². The highest BCUT2D eigenvalue weighted by Crippen LogP contribution is 2.19. The SMILES string of the molecule is Cc1cc(F)cc(-c2noc(CCCCO)n2)c1. The summed E-state index contributed by atoms with van der Waals surface area (Å²) in [7, 11) is 0. The number of halogens is 1. The average molecular weight is 250 g/mol. The van der Waals surface area contributed by atoms with E-state index in [2.05, 4.69) is 10.1 Å². The van der Waals surface area contributed by atoms with Gasteiger partial charge in [-0.25, -0.2) is 4.39 Å². The van der Waals surface area contributed by atoms with Crippen molar-refractivity contribution in [3.05, 3.63) is 35.5 Å². The van der Waals surface area contributed by atoms with Crippen molar-refractivity contribution in [2.45, 2.75) is 26.2 Å². The topological polar surface area (TPSA) is 59.2 Å². The monoisotopic (exact) mass is 250 g/mol. The lowest BCUT2D eigenvalue weighted by atomic mass is 10.1. The van der Waals surface area contributed by atoms with Crippen LogP contribution in [-0.4, -0.2) is 21.9 Å². The maximum Gasteiger partial charge on any atom is 0.226 e. The second-order valence-corrected chi connectivity index (χ2v) is 4.21. The van der Waals surface area contributed by atoms with Crippen molar-refractivity contribution in [3.63, 3.8) is 0 Å². The van der Waals surface area contributed by atoms with Gasteiger partial charge in [-0.15, -0.1) is 0 Å². The molecule has 2 rings (SSSR count). The predicted molar refractivity (Wildman–Crippen MR) is 64.5 cm³/mol. The van der Waals surface area contributed by atoms with Crippen LogP contribution in [0, 0.1) is 12.7 Å². The first kappa shape index (κ1) is 12.7. The van der Waals surface area contributed by atoms with E-state index in [1.165, 1.54) is 12.1 Å². The Morgan fingerprint density at radius 2 is 2.11 bits per heavy atom. The Bertz CT molecular complexity index is 505. The molecule has 0 spiro atoms. The lowest BCUT2D eigenvalue weighted by molar-refractivity contribution is 0.281. The summed E-state index contributed by atoms with van der Waals surface area (Å²) in [5, 5.41) is 12.5. The van der Waals surface area contributed by atoms with Crippen LogP contribution in [0.4, 0.5) is 4.39 Å². The minimum Gasteiger partial charge on any atom is -0.396 e. The number of hydrogen-bond acceptors (Lipinski definition) is 4. The molecule has 0 aliphatic rings. The van der Waals surface area contributed by atoms with Gasteiger partial charge in [-0.05, 0) is 43.5 Å². The van der Waals surface area contributed by atoms with Crippen LogP contribution in [0.2, 0.25) is 0 Å². The average Bonchev–Trinajstić information content (AvgIpc) is 2.77. The van der Waals surface area contributed by atoms with E-state index in [0.29, 0.717) is 30.1 Å². The van der Waals surface area contributed by atoms with E-state index in [4.69, 9.17) is 9.63 Å². The van der Waals surface area contributed by atoms with E-state index < -0.39 is 0 Å². The number of unbranched alkanes of at least 4 members (excludes halogenated alkanes) is 1. The van der Waals surface area contributed by atoms with Crippen LogP contribution < -0.4 is 0 Å². The zero-order valence-electron chi connectivity index (χ0n) is 10.2. The van der Waals surface area contributed by atoms with Gasteiger partial charge in [0.25, 0.3) is 0 Å². The van der Waals surface area contributed by atoms with Crippen LogP contribution in [0.25, 0.3) is 11.4 Å². The Balaban J connectivity index is 2.13. The summed E-state index contributed by atoms with van der Waals surface area (Å²) in [5.41, 5.74) is 1.43. The number of aromatic nitrogens is 2. The van der Waals surface area contributed by atoms with Gasteiger partial charge in [0.1, 0.15) is 5.82 Å². The van der Waals surface area contributed by atoms with Gasteiger partial charge in [0, 0.05) is 18.6 Å². The number of aliphatic hydroxyl groups excluding tert-OH is 1. The van der Waals surface area contributed by atoms with Crippen molar-refractivity contribution in [1.82, 2.24) is 10.1 Å². The van der Waals surface area contributed by atoms with E-state index in [0.717, 1.165) is 12.0 Å². The molecule has 0 atom stereocenters. The molecule has 18 heavy (non-hydrogen) atoms. The summed E-state index contributed by atoms with van der Waals surface area (Å²) in [6, 6.07) is 4.65. The van der Waals surface area contributed by atoms with Crippen LogP contribution in [0.15, 0.2) is 22.7 Å². The van der Waals surface area contributed by atoms with Gasteiger partial charge < -0.3 is 9.63 Å². The molecule has 1 N–H and O–H groups in total. The zero-order chi connectivity index (χ0) is 13.0. The van der Waals surface area contributed by atoms with E-state index in [1.54, 1.807) is 0 Å². The van der Waals surface area contributed by atoms with Gasteiger partial charge in [0.15, 0.2) is 0 Å². The van der Waals surface area contributed by atoms with E-state index in [1.807, 2.05) is 13.0 Å². The normalized spacial score (nSPS) is 10.8. The van der Waals surface area contributed by atoms with Crippen LogP contribution in [0.3, 0.4) is 0 Å². The Labute approximate surface area is 104 Å². The fourth-order valence-corrected chi connectivity index (χ4v) is 1.73. The Hall–Kier alpha value is -1.75. The number of rotatable bonds is 5. The maximum absolute atomic E-state index is 13.3. The first-order chi connectivity index (χ1) is 8.69. The van der Waals surface area contributed by atoms with Gasteiger partial charge in [-0.1, -0.05) is 5.16 Å². The molecular weight excluding hydrogens is 235 g/mol. The van der Waals surface area contributed by atoms with Crippen molar-refractivity contribution < 1.29 is 14.0 Å². The van der Waals surface area contributed by atoms with Crippen molar-refractivity contribution >= 4 is 0 Å². The Morgan fingerprint density at radius 3 is 2.83 bits per heavy atom. The van der Waals surface area contributed by atoms with Crippen LogP contribution in [-0.2, 0) is 6.42 Å². The summed E-state index contributed by atoms with van der Waals surface area (Å²) < 4.78 is 18.3. The summed E-state index contributed by atoms with van der Waals surface area (Å²) in [5.74, 6) is 0.605. The Kier molecular flexibility index (Phi) is 4.04. The molecule has 0 amide bonds.